The van der Waals surface area contributed by atoms with Crippen LogP contribution in [0, 0.1) is 0 Å². The number of carbonyl (C=O) groups excluding carboxylic acids is 1. The van der Waals surface area contributed by atoms with Gasteiger partial charge >= 0.3 is 0 Å². The average molecular weight is 1130 g/mol. The fourth-order valence-electron chi connectivity index (χ4n) is 9.07. The number of nitrogens with one attached hydrogen (secondary N) is 1. The maximum atomic E-state index is 13.0. The highest BCUT2D eigenvalue weighted by Crippen LogP contribution is 2.38. The molecule has 0 fully saturated rings. The third-order valence-electron chi connectivity index (χ3n) is 14.2. The highest BCUT2D eigenvalue weighted by atomic mass is 31.2. The van der Waals surface area contributed by atoms with Gasteiger partial charge in [-0.15, -0.1) is 0 Å². The summed E-state index contributed by atoms with van der Waals surface area (Å²) in [5, 5.41) is 13.9. The molecule has 0 aromatic rings. The van der Waals surface area contributed by atoms with Crippen LogP contribution in [0.2, 0.25) is 0 Å². The Labute approximate surface area is 494 Å². The molecule has 0 aromatic carbocycles. The molecule has 460 valence electrons. The molecule has 0 aliphatic carbocycles. The van der Waals surface area contributed by atoms with Crippen molar-refractivity contribution in [3.8, 4) is 0 Å². The molecule has 0 aliphatic rings. The van der Waals surface area contributed by atoms with Gasteiger partial charge in [0.2, 0.25) is 5.91 Å². The molecule has 0 bridgehead atoms. The normalized spacial score (nSPS) is 14.5. The Hall–Kier alpha value is -3.10. The minimum Gasteiger partial charge on any atom is -0.756 e. The van der Waals surface area contributed by atoms with Crippen LogP contribution in [0.4, 0.5) is 0 Å². The van der Waals surface area contributed by atoms with Crippen molar-refractivity contribution in [1.82, 2.24) is 5.32 Å². The van der Waals surface area contributed by atoms with Crippen molar-refractivity contribution in [2.75, 3.05) is 40.9 Å². The summed E-state index contributed by atoms with van der Waals surface area (Å²) < 4.78 is 23.4. The molecule has 0 aromatic heterocycles. The van der Waals surface area contributed by atoms with Crippen LogP contribution in [-0.2, 0) is 18.4 Å². The lowest BCUT2D eigenvalue weighted by Gasteiger charge is -2.29. The van der Waals surface area contributed by atoms with E-state index in [1.165, 1.54) is 161 Å². The molecular weight excluding hydrogens is 1010 g/mol. The van der Waals surface area contributed by atoms with Crippen LogP contribution in [0.3, 0.4) is 0 Å². The van der Waals surface area contributed by atoms with Crippen molar-refractivity contribution >= 4 is 13.7 Å². The Kier molecular flexibility index (Phi) is 58.1. The van der Waals surface area contributed by atoms with E-state index in [2.05, 4.69) is 129 Å². The number of phosphoric acid groups is 1. The molecule has 2 N–H and O–H groups in total. The fraction of sp³-hybridized carbons (Fsp3) is 0.704. The van der Waals surface area contributed by atoms with Gasteiger partial charge in [-0.2, -0.15) is 0 Å². The van der Waals surface area contributed by atoms with Gasteiger partial charge in [0, 0.05) is 6.42 Å². The number of likely N-dealkylation sites (N-methyl/N-ethyl adjacent to an activating group) is 1. The van der Waals surface area contributed by atoms with Crippen LogP contribution in [-0.4, -0.2) is 68.5 Å². The molecule has 3 unspecified atom stereocenters. The Balaban J connectivity index is 4.10. The standard InChI is InChI=1S/C71H125N2O6P/c1-6-8-10-12-14-16-18-20-22-24-26-27-28-29-30-31-32-33-34-35-36-37-38-39-40-41-42-43-44-45-47-49-51-53-55-57-59-61-63-65-71(75)72-69(68-79-80(76,77)78-67-66-73(3,4)5)70(74)64-62-60-58-56-54-52-50-48-46-25-23-21-19-17-15-13-11-9-7-2/h8,10,14,16,20,22,26-27,29-30,32-33,35-36,38-39,54,56,62,64,69-70,74H,6-7,9,11-13,15,17-19,21,23-25,28,31,34,37,40-53,55,57-61,63,65-68H2,1-5H3,(H-,72,75,76,77)/b10-8-,16-14-,22-20-,27-26-,30-29-,33-32-,36-35-,39-38-,56-54+,64-62+. The molecule has 1 amide bonds. The lowest BCUT2D eigenvalue weighted by Crippen LogP contribution is -2.45. The first-order chi connectivity index (χ1) is 39.0. The number of rotatable bonds is 59. The molecule has 8 nitrogen and oxygen atoms in total. The van der Waals surface area contributed by atoms with Crippen molar-refractivity contribution in [3.05, 3.63) is 122 Å². The van der Waals surface area contributed by atoms with E-state index in [1.807, 2.05) is 27.2 Å². The van der Waals surface area contributed by atoms with Gasteiger partial charge in [-0.05, 0) is 96.3 Å². The minimum absolute atomic E-state index is 0.0105. The molecular formula is C71H125N2O6P. The van der Waals surface area contributed by atoms with Gasteiger partial charge in [0.25, 0.3) is 7.82 Å². The zero-order valence-electron chi connectivity index (χ0n) is 52.5. The van der Waals surface area contributed by atoms with Crippen LogP contribution in [0.5, 0.6) is 0 Å². The number of hydrogen-bond acceptors (Lipinski definition) is 6. The lowest BCUT2D eigenvalue weighted by atomic mass is 10.0. The molecule has 80 heavy (non-hydrogen) atoms. The van der Waals surface area contributed by atoms with E-state index < -0.39 is 26.6 Å². The van der Waals surface area contributed by atoms with Crippen LogP contribution in [0.1, 0.15) is 271 Å². The van der Waals surface area contributed by atoms with E-state index in [0.29, 0.717) is 17.4 Å². The number of aliphatic hydroxyl groups is 1. The quantitative estimate of drug-likeness (QED) is 0.0272. The summed E-state index contributed by atoms with van der Waals surface area (Å²) in [5.41, 5.74) is 0. The smallest absolute Gasteiger partial charge is 0.268 e. The molecule has 0 saturated carbocycles. The Morgan fingerprint density at radius 2 is 0.775 bits per heavy atom. The number of quaternary nitrogens is 1. The number of phosphoric ester groups is 1. The molecule has 0 radical (unpaired) electrons. The first kappa shape index (κ1) is 76.9. The van der Waals surface area contributed by atoms with Crippen LogP contribution in [0.25, 0.3) is 0 Å². The van der Waals surface area contributed by atoms with Crippen molar-refractivity contribution < 1.29 is 32.9 Å². The Bertz CT molecular complexity index is 1720. The van der Waals surface area contributed by atoms with E-state index in [1.54, 1.807) is 6.08 Å². The third kappa shape index (κ3) is 62.5. The zero-order chi connectivity index (χ0) is 58.4. The first-order valence-electron chi connectivity index (χ1n) is 32.9. The van der Waals surface area contributed by atoms with E-state index in [4.69, 9.17) is 9.05 Å². The lowest BCUT2D eigenvalue weighted by molar-refractivity contribution is -0.870. The SMILES string of the molecule is CC/C=C\C/C=C\C/C=C\C/C=C\C/C=C\C/C=C\C/C=C\C/C=C\CCCCCCCCCCCCCCCCC(=O)NC(COP(=O)([O-])OCC[N+](C)(C)C)C(O)/C=C/CC/C=C/CCCCCCCCCCCCCCC. The maximum Gasteiger partial charge on any atom is 0.268 e. The average Bonchev–Trinajstić information content (AvgIpc) is 3.42. The monoisotopic (exact) mass is 1130 g/mol. The predicted octanol–water partition coefficient (Wildman–Crippen LogP) is 20.2. The van der Waals surface area contributed by atoms with E-state index >= 15 is 0 Å². The van der Waals surface area contributed by atoms with Crippen LogP contribution < -0.4 is 10.2 Å². The minimum atomic E-state index is -4.61. The van der Waals surface area contributed by atoms with Gasteiger partial charge in [0.05, 0.1) is 39.9 Å². The highest BCUT2D eigenvalue weighted by molar-refractivity contribution is 7.45. The van der Waals surface area contributed by atoms with Crippen molar-refractivity contribution in [2.24, 2.45) is 0 Å². The van der Waals surface area contributed by atoms with E-state index in [0.717, 1.165) is 89.9 Å². The summed E-state index contributed by atoms with van der Waals surface area (Å²) in [6.45, 7) is 4.52. The number of allylic oxidation sites excluding steroid dienone is 19. The van der Waals surface area contributed by atoms with Crippen molar-refractivity contribution in [1.29, 1.82) is 0 Å². The Morgan fingerprint density at radius 1 is 0.450 bits per heavy atom. The molecule has 3 atom stereocenters. The molecule has 0 aliphatic heterocycles. The fourth-order valence-corrected chi connectivity index (χ4v) is 9.79. The highest BCUT2D eigenvalue weighted by Gasteiger charge is 2.23. The summed E-state index contributed by atoms with van der Waals surface area (Å²) in [6.07, 6.45) is 90.2. The van der Waals surface area contributed by atoms with Crippen LogP contribution >= 0.6 is 7.82 Å². The predicted molar refractivity (Wildman–Crippen MR) is 348 cm³/mol. The van der Waals surface area contributed by atoms with E-state index in [-0.39, 0.29) is 12.5 Å². The van der Waals surface area contributed by atoms with Gasteiger partial charge in [-0.1, -0.05) is 289 Å². The van der Waals surface area contributed by atoms with E-state index in [9.17, 15) is 19.4 Å². The summed E-state index contributed by atoms with van der Waals surface area (Å²) in [4.78, 5) is 25.6. The number of nitrogens with zero attached hydrogens (tertiary/aromatic N) is 1. The number of amides is 1. The number of hydrogen-bond donors (Lipinski definition) is 2. The summed E-state index contributed by atoms with van der Waals surface area (Å²) >= 11 is 0. The van der Waals surface area contributed by atoms with Gasteiger partial charge in [0.15, 0.2) is 0 Å². The number of aliphatic hydroxyl groups excluding tert-OH is 1. The number of unbranched alkanes of at least 4 members (excludes halogenated alkanes) is 28. The number of carbonyl (C=O) groups is 1. The first-order valence-corrected chi connectivity index (χ1v) is 34.4. The van der Waals surface area contributed by atoms with Crippen LogP contribution in [0.15, 0.2) is 122 Å². The topological polar surface area (TPSA) is 108 Å². The zero-order valence-corrected chi connectivity index (χ0v) is 53.4. The molecule has 9 heteroatoms. The molecule has 0 spiro atoms. The second-order valence-electron chi connectivity index (χ2n) is 23.1. The van der Waals surface area contributed by atoms with Gasteiger partial charge in [0.1, 0.15) is 13.2 Å². The van der Waals surface area contributed by atoms with Gasteiger partial charge in [-0.3, -0.25) is 9.36 Å². The third-order valence-corrected chi connectivity index (χ3v) is 15.1. The molecule has 0 saturated heterocycles. The summed E-state index contributed by atoms with van der Waals surface area (Å²) in [6, 6.07) is -0.911. The van der Waals surface area contributed by atoms with Crippen molar-refractivity contribution in [3.63, 3.8) is 0 Å². The van der Waals surface area contributed by atoms with Gasteiger partial charge < -0.3 is 28.8 Å². The Morgan fingerprint density at radius 3 is 1.16 bits per heavy atom. The second-order valence-corrected chi connectivity index (χ2v) is 24.5. The second kappa shape index (κ2) is 60.5. The van der Waals surface area contributed by atoms with Crippen molar-refractivity contribution in [2.45, 2.75) is 283 Å². The molecule has 0 rings (SSSR count). The summed E-state index contributed by atoms with van der Waals surface area (Å²) in [5.74, 6) is -0.210. The summed E-state index contributed by atoms with van der Waals surface area (Å²) in [7, 11) is 1.24. The van der Waals surface area contributed by atoms with Gasteiger partial charge in [-0.25, -0.2) is 0 Å². The largest absolute Gasteiger partial charge is 0.756 e. The maximum absolute atomic E-state index is 13.0. The molecule has 0 heterocycles.